The molecule has 0 radical (unpaired) electrons. The molecule has 0 unspecified atom stereocenters. The second kappa shape index (κ2) is 5.23. The lowest BCUT2D eigenvalue weighted by Gasteiger charge is -2.22. The highest BCUT2D eigenvalue weighted by molar-refractivity contribution is 5.69. The Hall–Kier alpha value is -1.90. The molecule has 106 valence electrons. The first kappa shape index (κ1) is 14.5. The van der Waals surface area contributed by atoms with Gasteiger partial charge in [0.25, 0.3) is 0 Å². The number of aryl methyl sites for hydroxylation is 2. The number of rotatable bonds is 2. The molecule has 1 heterocycles. The maximum atomic E-state index is 4.55. The summed E-state index contributed by atoms with van der Waals surface area (Å²) in [6.45, 7) is 11.0. The van der Waals surface area contributed by atoms with Crippen molar-refractivity contribution in [3.05, 3.63) is 41.1 Å². The van der Waals surface area contributed by atoms with E-state index in [2.05, 4.69) is 62.0 Å². The van der Waals surface area contributed by atoms with Gasteiger partial charge in [0.2, 0.25) is 5.95 Å². The molecule has 0 bridgehead atoms. The largest absolute Gasteiger partial charge is 0.357 e. The van der Waals surface area contributed by atoms with Crippen LogP contribution in [0.25, 0.3) is 11.3 Å². The van der Waals surface area contributed by atoms with Gasteiger partial charge in [-0.3, -0.25) is 0 Å². The average Bonchev–Trinajstić information content (AvgIpc) is 2.37. The standard InChI is InChI=1S/C17H23N3/c1-11-9-13(17(3,4)5)10-12(2)15(11)14-7-8-19-16(18-6)20-14/h7-10H,1-6H3,(H,18,19,20). The third kappa shape index (κ3) is 2.82. The summed E-state index contributed by atoms with van der Waals surface area (Å²) in [4.78, 5) is 8.73. The molecule has 0 aliphatic carbocycles. The van der Waals surface area contributed by atoms with Crippen LogP contribution in [0.3, 0.4) is 0 Å². The van der Waals surface area contributed by atoms with Crippen LogP contribution >= 0.6 is 0 Å². The van der Waals surface area contributed by atoms with Gasteiger partial charge in [-0.25, -0.2) is 9.97 Å². The van der Waals surface area contributed by atoms with Gasteiger partial charge in [-0.15, -0.1) is 0 Å². The summed E-state index contributed by atoms with van der Waals surface area (Å²) < 4.78 is 0. The van der Waals surface area contributed by atoms with Gasteiger partial charge in [0, 0.05) is 18.8 Å². The first-order valence-electron chi connectivity index (χ1n) is 6.96. The average molecular weight is 269 g/mol. The van der Waals surface area contributed by atoms with E-state index < -0.39 is 0 Å². The minimum atomic E-state index is 0.163. The van der Waals surface area contributed by atoms with Crippen LogP contribution in [0.4, 0.5) is 5.95 Å². The number of anilines is 1. The Labute approximate surface area is 121 Å². The van der Waals surface area contributed by atoms with E-state index in [-0.39, 0.29) is 5.41 Å². The summed E-state index contributed by atoms with van der Waals surface area (Å²) in [6.07, 6.45) is 1.80. The summed E-state index contributed by atoms with van der Waals surface area (Å²) in [5.41, 5.74) is 6.22. The number of nitrogens with zero attached hydrogens (tertiary/aromatic N) is 2. The van der Waals surface area contributed by atoms with E-state index in [0.29, 0.717) is 5.95 Å². The van der Waals surface area contributed by atoms with Crippen LogP contribution < -0.4 is 5.32 Å². The first-order chi connectivity index (χ1) is 9.32. The molecule has 0 aliphatic rings. The summed E-state index contributed by atoms with van der Waals surface area (Å²) in [5, 5.41) is 2.99. The SMILES string of the molecule is CNc1nccc(-c2c(C)cc(C(C)(C)C)cc2C)n1. The molecule has 20 heavy (non-hydrogen) atoms. The van der Waals surface area contributed by atoms with Crippen molar-refractivity contribution < 1.29 is 0 Å². The molecule has 0 saturated carbocycles. The van der Waals surface area contributed by atoms with Gasteiger partial charge in [-0.05, 0) is 42.0 Å². The van der Waals surface area contributed by atoms with E-state index in [1.165, 1.54) is 22.3 Å². The molecule has 0 saturated heterocycles. The summed E-state index contributed by atoms with van der Waals surface area (Å²) in [6, 6.07) is 6.50. The molecule has 2 rings (SSSR count). The van der Waals surface area contributed by atoms with Crippen molar-refractivity contribution in [2.75, 3.05) is 12.4 Å². The molecule has 0 aliphatic heterocycles. The Morgan fingerprint density at radius 1 is 1.05 bits per heavy atom. The number of aromatic nitrogens is 2. The highest BCUT2D eigenvalue weighted by atomic mass is 15.1. The molecule has 0 fully saturated rings. The van der Waals surface area contributed by atoms with E-state index in [9.17, 15) is 0 Å². The highest BCUT2D eigenvalue weighted by Gasteiger charge is 2.17. The Bertz CT molecular complexity index is 601. The third-order valence-electron chi connectivity index (χ3n) is 3.53. The Morgan fingerprint density at radius 2 is 1.65 bits per heavy atom. The van der Waals surface area contributed by atoms with Crippen LogP contribution in [0.1, 0.15) is 37.5 Å². The molecule has 3 heteroatoms. The minimum Gasteiger partial charge on any atom is -0.357 e. The molecule has 3 nitrogen and oxygen atoms in total. The van der Waals surface area contributed by atoms with Crippen molar-refractivity contribution in [2.45, 2.75) is 40.0 Å². The molecule has 1 aromatic carbocycles. The van der Waals surface area contributed by atoms with Crippen molar-refractivity contribution in [1.82, 2.24) is 9.97 Å². The Kier molecular flexibility index (Phi) is 3.80. The zero-order chi connectivity index (χ0) is 14.9. The fourth-order valence-corrected chi connectivity index (χ4v) is 2.42. The zero-order valence-corrected chi connectivity index (χ0v) is 13.2. The topological polar surface area (TPSA) is 37.8 Å². The lowest BCUT2D eigenvalue weighted by molar-refractivity contribution is 0.589. The number of benzene rings is 1. The van der Waals surface area contributed by atoms with Crippen LogP contribution in [0.5, 0.6) is 0 Å². The summed E-state index contributed by atoms with van der Waals surface area (Å²) in [5.74, 6) is 0.654. The summed E-state index contributed by atoms with van der Waals surface area (Å²) >= 11 is 0. The van der Waals surface area contributed by atoms with E-state index in [1.54, 1.807) is 6.20 Å². The van der Waals surface area contributed by atoms with E-state index in [4.69, 9.17) is 0 Å². The van der Waals surface area contributed by atoms with Gasteiger partial charge >= 0.3 is 0 Å². The molecule has 1 aromatic heterocycles. The van der Waals surface area contributed by atoms with Crippen LogP contribution in [0.15, 0.2) is 24.4 Å². The van der Waals surface area contributed by atoms with Gasteiger partial charge in [0.05, 0.1) is 5.69 Å². The fraction of sp³-hybridized carbons (Fsp3) is 0.412. The van der Waals surface area contributed by atoms with Gasteiger partial charge in [0.1, 0.15) is 0 Å². The van der Waals surface area contributed by atoms with Crippen molar-refractivity contribution in [3.63, 3.8) is 0 Å². The van der Waals surface area contributed by atoms with Crippen molar-refractivity contribution >= 4 is 5.95 Å². The van der Waals surface area contributed by atoms with Crippen molar-refractivity contribution in [1.29, 1.82) is 0 Å². The Balaban J connectivity index is 2.58. The maximum Gasteiger partial charge on any atom is 0.222 e. The Morgan fingerprint density at radius 3 is 2.15 bits per heavy atom. The zero-order valence-electron chi connectivity index (χ0n) is 13.2. The molecule has 2 aromatic rings. The molecule has 0 atom stereocenters. The normalized spacial score (nSPS) is 11.5. The highest BCUT2D eigenvalue weighted by Crippen LogP contribution is 2.31. The van der Waals surface area contributed by atoms with E-state index >= 15 is 0 Å². The smallest absolute Gasteiger partial charge is 0.222 e. The van der Waals surface area contributed by atoms with Crippen LogP contribution in [-0.4, -0.2) is 17.0 Å². The van der Waals surface area contributed by atoms with Crippen LogP contribution in [-0.2, 0) is 5.41 Å². The van der Waals surface area contributed by atoms with Crippen molar-refractivity contribution in [2.24, 2.45) is 0 Å². The van der Waals surface area contributed by atoms with Gasteiger partial charge in [-0.2, -0.15) is 0 Å². The minimum absolute atomic E-state index is 0.163. The van der Waals surface area contributed by atoms with E-state index in [1.807, 2.05) is 13.1 Å². The predicted molar refractivity (Wildman–Crippen MR) is 85.2 cm³/mol. The fourth-order valence-electron chi connectivity index (χ4n) is 2.42. The number of hydrogen-bond acceptors (Lipinski definition) is 3. The van der Waals surface area contributed by atoms with Gasteiger partial charge < -0.3 is 5.32 Å². The summed E-state index contributed by atoms with van der Waals surface area (Å²) in [7, 11) is 1.83. The molecule has 0 amide bonds. The van der Waals surface area contributed by atoms with Crippen LogP contribution in [0, 0.1) is 13.8 Å². The predicted octanol–water partition coefficient (Wildman–Crippen LogP) is 4.10. The molecule has 0 spiro atoms. The van der Waals surface area contributed by atoms with Crippen LogP contribution in [0.2, 0.25) is 0 Å². The maximum absolute atomic E-state index is 4.55. The van der Waals surface area contributed by atoms with E-state index in [0.717, 1.165) is 5.69 Å². The molecule has 1 N–H and O–H groups in total. The quantitative estimate of drug-likeness (QED) is 0.892. The first-order valence-corrected chi connectivity index (χ1v) is 6.96. The lowest BCUT2D eigenvalue weighted by Crippen LogP contribution is -2.12. The second-order valence-corrected chi connectivity index (χ2v) is 6.25. The monoisotopic (exact) mass is 269 g/mol. The molecular formula is C17H23N3. The van der Waals surface area contributed by atoms with Crippen molar-refractivity contribution in [3.8, 4) is 11.3 Å². The number of nitrogens with one attached hydrogen (secondary N) is 1. The van der Waals surface area contributed by atoms with Gasteiger partial charge in [-0.1, -0.05) is 32.9 Å². The third-order valence-corrected chi connectivity index (χ3v) is 3.53. The number of hydrogen-bond donors (Lipinski definition) is 1. The molecular weight excluding hydrogens is 246 g/mol. The van der Waals surface area contributed by atoms with Gasteiger partial charge in [0.15, 0.2) is 0 Å². The lowest BCUT2D eigenvalue weighted by atomic mass is 9.83. The second-order valence-electron chi connectivity index (χ2n) is 6.25.